The summed E-state index contributed by atoms with van der Waals surface area (Å²) in [5, 5.41) is 2.90. The van der Waals surface area contributed by atoms with Crippen molar-refractivity contribution in [1.29, 1.82) is 0 Å². The molecule has 0 radical (unpaired) electrons. The number of nitrogens with one attached hydrogen (secondary N) is 1. The zero-order valence-corrected chi connectivity index (χ0v) is 15.6. The molecule has 0 bridgehead atoms. The summed E-state index contributed by atoms with van der Waals surface area (Å²) < 4.78 is 0. The largest absolute Gasteiger partial charge is 0.338 e. The third-order valence-corrected chi connectivity index (χ3v) is 5.22. The Morgan fingerprint density at radius 2 is 1.42 bits per heavy atom. The molecule has 3 amide bonds. The van der Waals surface area contributed by atoms with E-state index in [-0.39, 0.29) is 11.9 Å². The number of hydrogen-bond donors (Lipinski definition) is 1. The topological polar surface area (TPSA) is 59.1 Å². The molecule has 3 rings (SSSR count). The molecule has 0 atom stereocenters. The minimum Gasteiger partial charge on any atom is -0.338 e. The predicted molar refractivity (Wildman–Crippen MR) is 102 cm³/mol. The van der Waals surface area contributed by atoms with Crippen LogP contribution in [0.1, 0.15) is 6.92 Å². The minimum atomic E-state index is -0.0982. The molecule has 2 saturated heterocycles. The number of carbonyl (C=O) groups excluding carboxylic acids is 2. The SMILES string of the molecule is CCN1CCN(CC(=O)N2CCN(C(=O)Nc3ccccc3)CC2)CC1. The fourth-order valence-corrected chi connectivity index (χ4v) is 3.44. The van der Waals surface area contributed by atoms with Gasteiger partial charge in [-0.3, -0.25) is 9.69 Å². The molecule has 1 aromatic carbocycles. The molecule has 2 aliphatic heterocycles. The van der Waals surface area contributed by atoms with Crippen LogP contribution in [-0.2, 0) is 4.79 Å². The first kappa shape index (κ1) is 18.7. The van der Waals surface area contributed by atoms with Crippen LogP contribution in [-0.4, -0.2) is 97.0 Å². The number of piperazine rings is 2. The molecular weight excluding hydrogens is 330 g/mol. The number of urea groups is 1. The smallest absolute Gasteiger partial charge is 0.321 e. The molecule has 0 aromatic heterocycles. The average Bonchev–Trinajstić information content (AvgIpc) is 2.69. The molecule has 26 heavy (non-hydrogen) atoms. The zero-order chi connectivity index (χ0) is 18.4. The number of rotatable bonds is 4. The molecule has 7 heteroatoms. The summed E-state index contributed by atoms with van der Waals surface area (Å²) >= 11 is 0. The van der Waals surface area contributed by atoms with Crippen molar-refractivity contribution in [2.24, 2.45) is 0 Å². The molecule has 1 N–H and O–H groups in total. The number of hydrogen-bond acceptors (Lipinski definition) is 4. The third-order valence-electron chi connectivity index (χ3n) is 5.22. The quantitative estimate of drug-likeness (QED) is 0.871. The van der Waals surface area contributed by atoms with Crippen molar-refractivity contribution in [1.82, 2.24) is 19.6 Å². The average molecular weight is 359 g/mol. The Hall–Kier alpha value is -2.12. The van der Waals surface area contributed by atoms with Crippen LogP contribution in [0.5, 0.6) is 0 Å². The van der Waals surface area contributed by atoms with Crippen molar-refractivity contribution in [3.63, 3.8) is 0 Å². The first-order valence-electron chi connectivity index (χ1n) is 9.49. The molecule has 0 spiro atoms. The van der Waals surface area contributed by atoms with Gasteiger partial charge in [0.2, 0.25) is 5.91 Å². The first-order chi connectivity index (χ1) is 12.7. The van der Waals surface area contributed by atoms with Crippen molar-refractivity contribution in [3.05, 3.63) is 30.3 Å². The number of benzene rings is 1. The van der Waals surface area contributed by atoms with Crippen molar-refractivity contribution in [3.8, 4) is 0 Å². The van der Waals surface area contributed by atoms with Gasteiger partial charge in [-0.1, -0.05) is 25.1 Å². The van der Waals surface area contributed by atoms with E-state index in [1.165, 1.54) is 0 Å². The molecular formula is C19H29N5O2. The number of likely N-dealkylation sites (N-methyl/N-ethyl adjacent to an activating group) is 1. The number of nitrogens with zero attached hydrogens (tertiary/aromatic N) is 4. The summed E-state index contributed by atoms with van der Waals surface area (Å²) in [6.07, 6.45) is 0. The molecule has 1 aromatic rings. The second kappa shape index (κ2) is 9.00. The molecule has 2 heterocycles. The molecule has 7 nitrogen and oxygen atoms in total. The second-order valence-electron chi connectivity index (χ2n) is 6.87. The third kappa shape index (κ3) is 4.95. The molecule has 0 saturated carbocycles. The van der Waals surface area contributed by atoms with Crippen LogP contribution in [0.25, 0.3) is 0 Å². The summed E-state index contributed by atoms with van der Waals surface area (Å²) in [4.78, 5) is 33.2. The lowest BCUT2D eigenvalue weighted by molar-refractivity contribution is -0.134. The van der Waals surface area contributed by atoms with E-state index in [2.05, 4.69) is 22.0 Å². The van der Waals surface area contributed by atoms with Gasteiger partial charge < -0.3 is 20.0 Å². The van der Waals surface area contributed by atoms with Crippen LogP contribution in [0.4, 0.5) is 10.5 Å². The molecule has 0 unspecified atom stereocenters. The highest BCUT2D eigenvalue weighted by molar-refractivity contribution is 5.89. The number of anilines is 1. The normalized spacial score (nSPS) is 19.4. The van der Waals surface area contributed by atoms with E-state index in [1.54, 1.807) is 4.90 Å². The van der Waals surface area contributed by atoms with Gasteiger partial charge in [0.25, 0.3) is 0 Å². The van der Waals surface area contributed by atoms with Gasteiger partial charge in [0.15, 0.2) is 0 Å². The van der Waals surface area contributed by atoms with Gasteiger partial charge in [0.05, 0.1) is 6.54 Å². The van der Waals surface area contributed by atoms with E-state index in [0.29, 0.717) is 32.7 Å². The van der Waals surface area contributed by atoms with E-state index in [9.17, 15) is 9.59 Å². The van der Waals surface area contributed by atoms with Gasteiger partial charge in [-0.2, -0.15) is 0 Å². The minimum absolute atomic E-state index is 0.0982. The fraction of sp³-hybridized carbons (Fsp3) is 0.579. The second-order valence-corrected chi connectivity index (χ2v) is 6.87. The lowest BCUT2D eigenvalue weighted by Gasteiger charge is -2.37. The summed E-state index contributed by atoms with van der Waals surface area (Å²) in [5.41, 5.74) is 0.794. The Morgan fingerprint density at radius 3 is 2.04 bits per heavy atom. The fourth-order valence-electron chi connectivity index (χ4n) is 3.44. The summed E-state index contributed by atoms with van der Waals surface area (Å²) in [6.45, 7) is 10.1. The Morgan fingerprint density at radius 1 is 0.846 bits per heavy atom. The van der Waals surface area contributed by atoms with E-state index in [4.69, 9.17) is 0 Å². The lowest BCUT2D eigenvalue weighted by Crippen LogP contribution is -2.55. The van der Waals surface area contributed by atoms with E-state index in [1.807, 2.05) is 35.2 Å². The van der Waals surface area contributed by atoms with Crippen LogP contribution in [0, 0.1) is 0 Å². The maximum atomic E-state index is 12.5. The zero-order valence-electron chi connectivity index (χ0n) is 15.6. The van der Waals surface area contributed by atoms with Gasteiger partial charge in [-0.25, -0.2) is 4.79 Å². The highest BCUT2D eigenvalue weighted by Crippen LogP contribution is 2.10. The van der Waals surface area contributed by atoms with Crippen LogP contribution in [0.15, 0.2) is 30.3 Å². The number of amides is 3. The lowest BCUT2D eigenvalue weighted by atomic mass is 10.2. The van der Waals surface area contributed by atoms with Gasteiger partial charge in [0, 0.05) is 58.0 Å². The monoisotopic (exact) mass is 359 g/mol. The summed E-state index contributed by atoms with van der Waals surface area (Å²) in [6, 6.07) is 9.35. The Bertz CT molecular complexity index is 593. The Labute approximate surface area is 155 Å². The van der Waals surface area contributed by atoms with Gasteiger partial charge in [-0.15, -0.1) is 0 Å². The van der Waals surface area contributed by atoms with Gasteiger partial charge in [-0.05, 0) is 18.7 Å². The number of para-hydroxylation sites is 1. The standard InChI is InChI=1S/C19H29N5O2/c1-2-21-8-10-22(11-9-21)16-18(25)23-12-14-24(15-13-23)19(26)20-17-6-4-3-5-7-17/h3-7H,2,8-16H2,1H3,(H,20,26). The highest BCUT2D eigenvalue weighted by Gasteiger charge is 2.26. The summed E-state index contributed by atoms with van der Waals surface area (Å²) in [5.74, 6) is 0.179. The molecule has 142 valence electrons. The highest BCUT2D eigenvalue weighted by atomic mass is 16.2. The van der Waals surface area contributed by atoms with Crippen molar-refractivity contribution >= 4 is 17.6 Å². The van der Waals surface area contributed by atoms with Gasteiger partial charge >= 0.3 is 6.03 Å². The van der Waals surface area contributed by atoms with Crippen LogP contribution < -0.4 is 5.32 Å². The van der Waals surface area contributed by atoms with E-state index in [0.717, 1.165) is 38.4 Å². The Kier molecular flexibility index (Phi) is 6.46. The maximum Gasteiger partial charge on any atom is 0.321 e. The van der Waals surface area contributed by atoms with Crippen molar-refractivity contribution < 1.29 is 9.59 Å². The first-order valence-corrected chi connectivity index (χ1v) is 9.49. The molecule has 2 fully saturated rings. The molecule has 0 aliphatic carbocycles. The Balaban J connectivity index is 1.40. The molecule has 2 aliphatic rings. The van der Waals surface area contributed by atoms with Gasteiger partial charge in [0.1, 0.15) is 0 Å². The van der Waals surface area contributed by atoms with E-state index >= 15 is 0 Å². The van der Waals surface area contributed by atoms with Crippen LogP contribution in [0.2, 0.25) is 0 Å². The van der Waals surface area contributed by atoms with Crippen molar-refractivity contribution in [2.45, 2.75) is 6.92 Å². The van der Waals surface area contributed by atoms with Crippen molar-refractivity contribution in [2.75, 3.05) is 70.8 Å². The van der Waals surface area contributed by atoms with Crippen LogP contribution in [0.3, 0.4) is 0 Å². The summed E-state index contributed by atoms with van der Waals surface area (Å²) in [7, 11) is 0. The predicted octanol–water partition coefficient (Wildman–Crippen LogP) is 1.00. The van der Waals surface area contributed by atoms with E-state index < -0.39 is 0 Å². The maximum absolute atomic E-state index is 12.5. The number of carbonyl (C=O) groups is 2. The van der Waals surface area contributed by atoms with Crippen LogP contribution >= 0.6 is 0 Å².